The minimum Gasteiger partial charge on any atom is -0.444 e. The summed E-state index contributed by atoms with van der Waals surface area (Å²) < 4.78 is 11.1. The molecule has 0 N–H and O–H groups in total. The Labute approximate surface area is 139 Å². The topological polar surface area (TPSA) is 55.8 Å². The number of unbranched alkanes of at least 4 members (excludes halogenated alkanes) is 1. The zero-order valence-corrected chi connectivity index (χ0v) is 14.5. The van der Waals surface area contributed by atoms with E-state index < -0.39 is 5.60 Å². The predicted molar refractivity (Wildman–Crippen MR) is 88.2 cm³/mol. The van der Waals surface area contributed by atoms with Gasteiger partial charge in [-0.3, -0.25) is 9.69 Å². The summed E-state index contributed by atoms with van der Waals surface area (Å²) in [4.78, 5) is 26.7. The molecule has 0 radical (unpaired) electrons. The number of fused-ring (bicyclic) bond motifs is 2. The van der Waals surface area contributed by atoms with Gasteiger partial charge in [-0.25, -0.2) is 4.79 Å². The van der Waals surface area contributed by atoms with Gasteiger partial charge in [0.2, 0.25) is 0 Å². The molecule has 2 atom stereocenters. The average Bonchev–Trinajstić information content (AvgIpc) is 2.44. The second kappa shape index (κ2) is 7.47. The van der Waals surface area contributed by atoms with E-state index in [1.165, 1.54) is 0 Å². The van der Waals surface area contributed by atoms with Crippen molar-refractivity contribution in [1.82, 2.24) is 4.90 Å². The lowest BCUT2D eigenvalue weighted by molar-refractivity contribution is -0.132. The van der Waals surface area contributed by atoms with E-state index in [1.54, 1.807) is 0 Å². The molecule has 2 saturated heterocycles. The lowest BCUT2D eigenvalue weighted by Crippen LogP contribution is -2.60. The smallest absolute Gasteiger partial charge is 0.410 e. The first-order valence-corrected chi connectivity index (χ1v) is 8.54. The Morgan fingerprint density at radius 1 is 1.26 bits per heavy atom. The third kappa shape index (κ3) is 4.80. The van der Waals surface area contributed by atoms with Crippen LogP contribution in [0.1, 0.15) is 52.9 Å². The highest BCUT2D eigenvalue weighted by Gasteiger charge is 2.44. The molecule has 2 aliphatic rings. The number of rotatable bonds is 5. The molecule has 23 heavy (non-hydrogen) atoms. The molecule has 2 aliphatic heterocycles. The zero-order valence-electron chi connectivity index (χ0n) is 14.5. The summed E-state index contributed by atoms with van der Waals surface area (Å²) in [6.07, 6.45) is 5.27. The summed E-state index contributed by atoms with van der Waals surface area (Å²) in [5, 5.41) is 0. The highest BCUT2D eigenvalue weighted by Crippen LogP contribution is 2.34. The van der Waals surface area contributed by atoms with Crippen molar-refractivity contribution in [3.8, 4) is 0 Å². The van der Waals surface area contributed by atoms with Crippen LogP contribution in [0.3, 0.4) is 0 Å². The van der Waals surface area contributed by atoms with Crippen molar-refractivity contribution in [1.29, 1.82) is 0 Å². The molecule has 2 bridgehead atoms. The fourth-order valence-electron chi connectivity index (χ4n) is 3.42. The predicted octanol–water partition coefficient (Wildman–Crippen LogP) is 3.33. The second-order valence-corrected chi connectivity index (χ2v) is 7.55. The molecule has 1 amide bonds. The van der Waals surface area contributed by atoms with Crippen molar-refractivity contribution in [3.05, 3.63) is 12.7 Å². The maximum Gasteiger partial charge on any atom is 0.410 e. The fraction of sp³-hybridized carbons (Fsp3) is 0.778. The number of hydrogen-bond acceptors (Lipinski definition) is 4. The summed E-state index contributed by atoms with van der Waals surface area (Å²) in [6, 6.07) is -0.101. The van der Waals surface area contributed by atoms with E-state index in [1.807, 2.05) is 31.7 Å². The molecule has 0 aliphatic carbocycles. The van der Waals surface area contributed by atoms with Crippen molar-refractivity contribution in [2.75, 3.05) is 13.2 Å². The highest BCUT2D eigenvalue weighted by molar-refractivity contribution is 5.81. The Bertz CT molecular complexity index is 440. The summed E-state index contributed by atoms with van der Waals surface area (Å²) >= 11 is 0. The second-order valence-electron chi connectivity index (χ2n) is 7.55. The van der Waals surface area contributed by atoms with Crippen LogP contribution in [0, 0.1) is 5.92 Å². The van der Waals surface area contributed by atoms with E-state index in [0.717, 1.165) is 12.8 Å². The van der Waals surface area contributed by atoms with Crippen molar-refractivity contribution in [2.45, 2.75) is 70.6 Å². The van der Waals surface area contributed by atoms with Crippen LogP contribution in [-0.2, 0) is 14.3 Å². The van der Waals surface area contributed by atoms with Gasteiger partial charge in [-0.05, 0) is 46.5 Å². The SMILES string of the molecule is C=CCCCC(=O)C1CC2COCC(C1)N2C(=O)OC(C)(C)C. The maximum absolute atomic E-state index is 12.5. The Morgan fingerprint density at radius 3 is 2.39 bits per heavy atom. The number of nitrogens with zero attached hydrogens (tertiary/aromatic N) is 1. The Hall–Kier alpha value is -1.36. The number of piperidine rings is 1. The molecule has 130 valence electrons. The lowest BCUT2D eigenvalue weighted by atomic mass is 9.81. The molecule has 0 aromatic rings. The normalized spacial score (nSPS) is 27.4. The molecule has 2 heterocycles. The number of ether oxygens (including phenoxy) is 2. The maximum atomic E-state index is 12.5. The summed E-state index contributed by atoms with van der Waals surface area (Å²) in [5.41, 5.74) is -0.510. The molecule has 2 rings (SSSR count). The van der Waals surface area contributed by atoms with Gasteiger partial charge in [-0.2, -0.15) is 0 Å². The van der Waals surface area contributed by atoms with E-state index in [4.69, 9.17) is 9.47 Å². The number of morpholine rings is 1. The minimum absolute atomic E-state index is 0.0393. The summed E-state index contributed by atoms with van der Waals surface area (Å²) in [5.74, 6) is 0.352. The number of carbonyl (C=O) groups excluding carboxylic acids is 2. The molecule has 0 aromatic heterocycles. The van der Waals surface area contributed by atoms with E-state index in [9.17, 15) is 9.59 Å². The number of amides is 1. The van der Waals surface area contributed by atoms with Crippen molar-refractivity contribution in [3.63, 3.8) is 0 Å². The molecule has 0 spiro atoms. The average molecular weight is 323 g/mol. The first kappa shape index (κ1) is 18.0. The summed E-state index contributed by atoms with van der Waals surface area (Å²) in [6.45, 7) is 10.3. The van der Waals surface area contributed by atoms with Crippen LogP contribution in [0.5, 0.6) is 0 Å². The van der Waals surface area contributed by atoms with Gasteiger partial charge in [0.15, 0.2) is 0 Å². The van der Waals surface area contributed by atoms with Crippen LogP contribution in [-0.4, -0.2) is 47.7 Å². The van der Waals surface area contributed by atoms with Crippen LogP contribution >= 0.6 is 0 Å². The molecule has 2 fully saturated rings. The molecule has 0 aromatic carbocycles. The van der Waals surface area contributed by atoms with Crippen LogP contribution in [0.2, 0.25) is 0 Å². The number of carbonyl (C=O) groups is 2. The van der Waals surface area contributed by atoms with Gasteiger partial charge in [0.05, 0.1) is 25.3 Å². The molecule has 5 heteroatoms. The third-order valence-electron chi connectivity index (χ3n) is 4.41. The van der Waals surface area contributed by atoms with E-state index in [-0.39, 0.29) is 24.1 Å². The van der Waals surface area contributed by atoms with Crippen LogP contribution in [0.25, 0.3) is 0 Å². The largest absolute Gasteiger partial charge is 0.444 e. The number of ketones is 1. The van der Waals surface area contributed by atoms with Gasteiger partial charge in [-0.15, -0.1) is 6.58 Å². The number of allylic oxidation sites excluding steroid dienone is 1. The first-order valence-electron chi connectivity index (χ1n) is 8.54. The van der Waals surface area contributed by atoms with Gasteiger partial charge < -0.3 is 9.47 Å². The summed E-state index contributed by atoms with van der Waals surface area (Å²) in [7, 11) is 0. The fourth-order valence-corrected chi connectivity index (χ4v) is 3.42. The van der Waals surface area contributed by atoms with E-state index in [2.05, 4.69) is 6.58 Å². The molecular formula is C18H29NO4. The van der Waals surface area contributed by atoms with E-state index >= 15 is 0 Å². The van der Waals surface area contributed by atoms with E-state index in [0.29, 0.717) is 38.3 Å². The lowest BCUT2D eigenvalue weighted by Gasteiger charge is -2.47. The Balaban J connectivity index is 1.98. The van der Waals surface area contributed by atoms with Crippen LogP contribution < -0.4 is 0 Å². The van der Waals surface area contributed by atoms with Gasteiger partial charge in [-0.1, -0.05) is 6.08 Å². The van der Waals surface area contributed by atoms with Gasteiger partial charge in [0, 0.05) is 12.3 Å². The van der Waals surface area contributed by atoms with Gasteiger partial charge in [0.25, 0.3) is 0 Å². The van der Waals surface area contributed by atoms with Gasteiger partial charge in [0.1, 0.15) is 11.4 Å². The van der Waals surface area contributed by atoms with Crippen LogP contribution in [0.4, 0.5) is 4.79 Å². The van der Waals surface area contributed by atoms with Crippen LogP contribution in [0.15, 0.2) is 12.7 Å². The monoisotopic (exact) mass is 323 g/mol. The number of hydrogen-bond donors (Lipinski definition) is 0. The molecular weight excluding hydrogens is 294 g/mol. The van der Waals surface area contributed by atoms with Crippen molar-refractivity contribution < 1.29 is 19.1 Å². The van der Waals surface area contributed by atoms with Crippen molar-refractivity contribution in [2.24, 2.45) is 5.92 Å². The first-order chi connectivity index (χ1) is 10.8. The minimum atomic E-state index is -0.510. The highest BCUT2D eigenvalue weighted by atomic mass is 16.6. The quantitative estimate of drug-likeness (QED) is 0.575. The zero-order chi connectivity index (χ0) is 17.0. The Kier molecular flexibility index (Phi) is 5.84. The number of Topliss-reactive ketones (excluding diaryl/α,β-unsaturated/α-hetero) is 1. The standard InChI is InChI=1S/C18H29NO4/c1-5-6-7-8-16(20)13-9-14-11-22-12-15(10-13)19(14)17(21)23-18(2,3)4/h5,13-15H,1,6-12H2,2-4H3. The van der Waals surface area contributed by atoms with Gasteiger partial charge >= 0.3 is 6.09 Å². The molecule has 2 unspecified atom stereocenters. The third-order valence-corrected chi connectivity index (χ3v) is 4.41. The molecule has 0 saturated carbocycles. The van der Waals surface area contributed by atoms with Crippen molar-refractivity contribution >= 4 is 11.9 Å². The molecule has 5 nitrogen and oxygen atoms in total. The Morgan fingerprint density at radius 2 is 1.87 bits per heavy atom.